The second-order valence-electron chi connectivity index (χ2n) is 9.91. The van der Waals surface area contributed by atoms with Crippen LogP contribution >= 0.6 is 39.0 Å². The molecule has 7 nitrogen and oxygen atoms in total. The third kappa shape index (κ3) is 8.22. The Bertz CT molecular complexity index is 1840. The highest BCUT2D eigenvalue weighted by Gasteiger charge is 2.20. The monoisotopic (exact) mass is 684 g/mol. The summed E-state index contributed by atoms with van der Waals surface area (Å²) >= 11 is 6.28. The van der Waals surface area contributed by atoms with Gasteiger partial charge in [0.2, 0.25) is 5.91 Å². The molecular formula is C34H29BrN4O3S2. The predicted molar refractivity (Wildman–Crippen MR) is 184 cm³/mol. The van der Waals surface area contributed by atoms with Crippen molar-refractivity contribution < 1.29 is 14.4 Å². The van der Waals surface area contributed by atoms with Crippen LogP contribution in [-0.4, -0.2) is 28.0 Å². The summed E-state index contributed by atoms with van der Waals surface area (Å²) in [6, 6.07) is 29.4. The van der Waals surface area contributed by atoms with E-state index in [9.17, 15) is 14.4 Å². The molecule has 0 aliphatic rings. The number of anilines is 2. The van der Waals surface area contributed by atoms with Gasteiger partial charge in [-0.3, -0.25) is 14.4 Å². The van der Waals surface area contributed by atoms with Crippen molar-refractivity contribution in [3.05, 3.63) is 124 Å². The number of nitrogens with one attached hydrogen (secondary N) is 3. The van der Waals surface area contributed by atoms with Gasteiger partial charge in [-0.1, -0.05) is 76.7 Å². The first-order valence-electron chi connectivity index (χ1n) is 13.9. The van der Waals surface area contributed by atoms with Crippen molar-refractivity contribution in [1.29, 1.82) is 0 Å². The number of hydrogen-bond acceptors (Lipinski definition) is 6. The number of nitrogens with zero attached hydrogens (tertiary/aromatic N) is 1. The zero-order valence-electron chi connectivity index (χ0n) is 24.0. The molecule has 3 N–H and O–H groups in total. The Morgan fingerprint density at radius 2 is 1.70 bits per heavy atom. The Labute approximate surface area is 272 Å². The molecule has 1 heterocycles. The number of carbonyl (C=O) groups is 3. The number of thioether (sulfide) groups is 1. The topological polar surface area (TPSA) is 100 Å². The Morgan fingerprint density at radius 3 is 2.45 bits per heavy atom. The highest BCUT2D eigenvalue weighted by molar-refractivity contribution is 9.10. The van der Waals surface area contributed by atoms with E-state index in [0.29, 0.717) is 22.8 Å². The minimum absolute atomic E-state index is 0.0936. The number of rotatable bonds is 10. The molecule has 5 rings (SSSR count). The molecule has 3 amide bonds. The minimum atomic E-state index is -0.477. The largest absolute Gasteiger partial charge is 0.321 e. The average molecular weight is 686 g/mol. The van der Waals surface area contributed by atoms with Gasteiger partial charge < -0.3 is 16.0 Å². The first-order valence-corrected chi connectivity index (χ1v) is 16.4. The number of thiazole rings is 1. The second kappa shape index (κ2) is 14.5. The normalized spacial score (nSPS) is 12.0. The maximum absolute atomic E-state index is 13.5. The maximum atomic E-state index is 13.5. The molecule has 0 aliphatic carbocycles. The number of amides is 3. The number of fused-ring (bicyclic) bond motifs is 1. The van der Waals surface area contributed by atoms with Gasteiger partial charge in [0, 0.05) is 20.6 Å². The van der Waals surface area contributed by atoms with Gasteiger partial charge in [0.05, 0.1) is 15.5 Å². The van der Waals surface area contributed by atoms with E-state index in [-0.39, 0.29) is 16.9 Å². The zero-order valence-corrected chi connectivity index (χ0v) is 27.2. The van der Waals surface area contributed by atoms with Crippen LogP contribution in [0.1, 0.15) is 34.8 Å². The summed E-state index contributed by atoms with van der Waals surface area (Å²) in [5.41, 5.74) is 3.81. The van der Waals surface area contributed by atoms with E-state index < -0.39 is 11.8 Å². The summed E-state index contributed by atoms with van der Waals surface area (Å²) in [7, 11) is 0. The molecule has 0 saturated heterocycles. The van der Waals surface area contributed by atoms with Crippen LogP contribution in [0, 0.1) is 6.92 Å². The molecule has 0 spiro atoms. The molecule has 0 radical (unpaired) electrons. The summed E-state index contributed by atoms with van der Waals surface area (Å²) in [5.74, 6) is -1.00. The summed E-state index contributed by atoms with van der Waals surface area (Å²) < 4.78 is 1.93. The van der Waals surface area contributed by atoms with Crippen molar-refractivity contribution in [2.45, 2.75) is 30.4 Å². The Hall–Kier alpha value is -4.25. The van der Waals surface area contributed by atoms with Gasteiger partial charge in [-0.05, 0) is 85.1 Å². The second-order valence-corrected chi connectivity index (χ2v) is 13.1. The van der Waals surface area contributed by atoms with Crippen LogP contribution in [0.2, 0.25) is 0 Å². The highest BCUT2D eigenvalue weighted by Crippen LogP contribution is 2.31. The fraction of sp³-hybridized carbons (Fsp3) is 0.118. The van der Waals surface area contributed by atoms with E-state index in [1.807, 2.05) is 74.5 Å². The third-order valence-corrected chi connectivity index (χ3v) is 9.34. The summed E-state index contributed by atoms with van der Waals surface area (Å²) in [5, 5.41) is 8.83. The molecule has 1 aromatic heterocycles. The highest BCUT2D eigenvalue weighted by atomic mass is 79.9. The molecule has 1 unspecified atom stereocenters. The number of hydrogen-bond donors (Lipinski definition) is 3. The van der Waals surface area contributed by atoms with Crippen molar-refractivity contribution in [3.8, 4) is 0 Å². The van der Waals surface area contributed by atoms with Crippen molar-refractivity contribution in [1.82, 2.24) is 10.3 Å². The van der Waals surface area contributed by atoms with Crippen molar-refractivity contribution in [2.75, 3.05) is 10.6 Å². The molecule has 5 aromatic rings. The summed E-state index contributed by atoms with van der Waals surface area (Å²) in [6.07, 6.45) is 2.23. The average Bonchev–Trinajstić information content (AvgIpc) is 3.42. The molecule has 222 valence electrons. The van der Waals surface area contributed by atoms with Crippen LogP contribution in [0.4, 0.5) is 10.8 Å². The Kier molecular flexibility index (Phi) is 10.3. The smallest absolute Gasteiger partial charge is 0.272 e. The lowest BCUT2D eigenvalue weighted by Crippen LogP contribution is -2.30. The first-order chi connectivity index (χ1) is 21.3. The number of benzene rings is 4. The van der Waals surface area contributed by atoms with Gasteiger partial charge in [-0.15, -0.1) is 11.8 Å². The van der Waals surface area contributed by atoms with Crippen LogP contribution in [0.25, 0.3) is 16.3 Å². The molecular weight excluding hydrogens is 656 g/mol. The van der Waals surface area contributed by atoms with E-state index in [1.54, 1.807) is 36.4 Å². The third-order valence-electron chi connectivity index (χ3n) is 6.52. The van der Waals surface area contributed by atoms with Gasteiger partial charge in [0.1, 0.15) is 5.70 Å². The van der Waals surface area contributed by atoms with Crippen LogP contribution in [0.3, 0.4) is 0 Å². The van der Waals surface area contributed by atoms with E-state index >= 15 is 0 Å². The quantitative estimate of drug-likeness (QED) is 0.102. The van der Waals surface area contributed by atoms with E-state index in [2.05, 4.69) is 42.9 Å². The fourth-order valence-corrected chi connectivity index (χ4v) is 6.52. The molecule has 1 atom stereocenters. The van der Waals surface area contributed by atoms with Gasteiger partial charge in [0.25, 0.3) is 11.8 Å². The van der Waals surface area contributed by atoms with Gasteiger partial charge in [-0.25, -0.2) is 4.98 Å². The number of aromatic nitrogens is 1. The zero-order chi connectivity index (χ0) is 31.1. The first kappa shape index (κ1) is 31.2. The van der Waals surface area contributed by atoms with Gasteiger partial charge in [0.15, 0.2) is 5.13 Å². The van der Waals surface area contributed by atoms with Crippen LogP contribution in [0.15, 0.2) is 112 Å². The number of carbonyl (C=O) groups excluding carboxylic acids is 3. The predicted octanol–water partition coefficient (Wildman–Crippen LogP) is 8.29. The van der Waals surface area contributed by atoms with Crippen molar-refractivity contribution >= 4 is 83.9 Å². The van der Waals surface area contributed by atoms with E-state index in [4.69, 9.17) is 0 Å². The molecule has 44 heavy (non-hydrogen) atoms. The SMILES string of the molecule is CCC(Sc1cccc(NC(=O)/C(=C/c2ccc(Br)cc2)NC(=O)c2ccccc2)c1)C(=O)Nc1nc2ccc(C)cc2s1. The molecule has 0 aliphatic heterocycles. The van der Waals surface area contributed by atoms with Crippen molar-refractivity contribution in [3.63, 3.8) is 0 Å². The van der Waals surface area contributed by atoms with Gasteiger partial charge in [-0.2, -0.15) is 0 Å². The molecule has 0 bridgehead atoms. The Morgan fingerprint density at radius 1 is 0.932 bits per heavy atom. The lowest BCUT2D eigenvalue weighted by molar-refractivity contribution is -0.116. The number of aryl methyl sites for hydroxylation is 1. The van der Waals surface area contributed by atoms with Crippen LogP contribution < -0.4 is 16.0 Å². The lowest BCUT2D eigenvalue weighted by Gasteiger charge is -2.15. The molecule has 4 aromatic carbocycles. The van der Waals surface area contributed by atoms with E-state index in [0.717, 1.165) is 30.7 Å². The minimum Gasteiger partial charge on any atom is -0.321 e. The van der Waals surface area contributed by atoms with Crippen molar-refractivity contribution in [2.24, 2.45) is 0 Å². The molecule has 10 heteroatoms. The fourth-order valence-electron chi connectivity index (χ4n) is 4.27. The summed E-state index contributed by atoms with van der Waals surface area (Å²) in [6.45, 7) is 3.98. The Balaban J connectivity index is 1.29. The number of halogens is 1. The van der Waals surface area contributed by atoms with E-state index in [1.165, 1.54) is 23.1 Å². The molecule has 0 saturated carbocycles. The van der Waals surface area contributed by atoms with Crippen LogP contribution in [-0.2, 0) is 9.59 Å². The molecule has 0 fully saturated rings. The standard InChI is InChI=1S/C34H29BrN4O3S2/c1-3-29(33(42)39-34-38-27-17-12-21(2)18-30(27)44-34)43-26-11-7-10-25(20-26)36-32(41)28(19-22-13-15-24(35)16-14-22)37-31(40)23-8-5-4-6-9-23/h4-20,29H,3H2,1-2H3,(H,36,41)(H,37,40)(H,38,39,42)/b28-19-. The van der Waals surface area contributed by atoms with Crippen LogP contribution in [0.5, 0.6) is 0 Å². The summed E-state index contributed by atoms with van der Waals surface area (Å²) in [4.78, 5) is 44.9. The lowest BCUT2D eigenvalue weighted by atomic mass is 10.1. The maximum Gasteiger partial charge on any atom is 0.272 e. The van der Waals surface area contributed by atoms with Gasteiger partial charge >= 0.3 is 0 Å².